The van der Waals surface area contributed by atoms with Gasteiger partial charge in [0.25, 0.3) is 0 Å². The maximum atomic E-state index is 4.73. The molecule has 219 valence electrons. The summed E-state index contributed by atoms with van der Waals surface area (Å²) < 4.78 is 3.75. The van der Waals surface area contributed by atoms with E-state index in [4.69, 9.17) is 9.97 Å². The Hall–Kier alpha value is -4.47. The first-order valence-corrected chi connectivity index (χ1v) is 14.0. The maximum Gasteiger partial charge on any atom is 2.00 e. The molecule has 0 saturated carbocycles. The molecule has 43 heavy (non-hydrogen) atoms. The molecule has 6 aromatic rings. The largest absolute Gasteiger partial charge is 2.00 e. The van der Waals surface area contributed by atoms with Gasteiger partial charge in [0.1, 0.15) is 0 Å². The molecule has 0 fully saturated rings. The average Bonchev–Trinajstić information content (AvgIpc) is 3.48. The van der Waals surface area contributed by atoms with Crippen molar-refractivity contribution in [3.8, 4) is 34.4 Å². The van der Waals surface area contributed by atoms with Gasteiger partial charge in [0.15, 0.2) is 11.6 Å². The van der Waals surface area contributed by atoms with E-state index < -0.39 is 0 Å². The third-order valence-electron chi connectivity index (χ3n) is 7.21. The normalized spacial score (nSPS) is 10.6. The number of pyridine rings is 4. The van der Waals surface area contributed by atoms with Crippen molar-refractivity contribution < 1.29 is 16.8 Å². The van der Waals surface area contributed by atoms with Gasteiger partial charge in [-0.2, -0.15) is 10.2 Å². The van der Waals surface area contributed by atoms with Crippen molar-refractivity contribution in [2.24, 2.45) is 0 Å². The maximum absolute atomic E-state index is 4.73. The van der Waals surface area contributed by atoms with Crippen LogP contribution in [0.4, 0.5) is 0 Å². The molecule has 0 amide bonds. The summed E-state index contributed by atoms with van der Waals surface area (Å²) in [6.45, 7) is 16.5. The second-order valence-corrected chi connectivity index (χ2v) is 10.9. The van der Waals surface area contributed by atoms with Crippen LogP contribution < -0.4 is 0 Å². The Labute approximate surface area is 263 Å². The number of nitrogens with zero attached hydrogens (tertiary/aromatic N) is 8. The molecule has 0 aliphatic carbocycles. The van der Waals surface area contributed by atoms with E-state index in [0.29, 0.717) is 0 Å². The Morgan fingerprint density at radius 2 is 0.837 bits per heavy atom. The predicted octanol–water partition coefficient (Wildman–Crippen LogP) is 7.12. The van der Waals surface area contributed by atoms with Crippen LogP contribution >= 0.6 is 0 Å². The first-order chi connectivity index (χ1) is 20.1. The van der Waals surface area contributed by atoms with Crippen LogP contribution in [0.5, 0.6) is 0 Å². The van der Waals surface area contributed by atoms with Gasteiger partial charge in [-0.15, -0.1) is 0 Å². The molecule has 0 unspecified atom stereocenters. The minimum Gasteiger partial charge on any atom is -0.255 e. The minimum atomic E-state index is 0. The van der Waals surface area contributed by atoms with E-state index in [1.807, 2.05) is 70.5 Å². The van der Waals surface area contributed by atoms with E-state index >= 15 is 0 Å². The quantitative estimate of drug-likeness (QED) is 0.210. The molecule has 9 heteroatoms. The van der Waals surface area contributed by atoms with Gasteiger partial charge in [0.2, 0.25) is 0 Å². The van der Waals surface area contributed by atoms with Crippen molar-refractivity contribution in [1.29, 1.82) is 0 Å². The molecular formula is C34H36CoN8+2. The minimum absolute atomic E-state index is 0. The van der Waals surface area contributed by atoms with E-state index in [9.17, 15) is 0 Å². The fourth-order valence-electron chi connectivity index (χ4n) is 4.57. The Bertz CT molecular complexity index is 1750. The van der Waals surface area contributed by atoms with Crippen molar-refractivity contribution in [2.45, 2.75) is 55.4 Å². The number of rotatable bonds is 4. The summed E-state index contributed by atoms with van der Waals surface area (Å²) in [6.07, 6.45) is 7.36. The van der Waals surface area contributed by atoms with Crippen LogP contribution in [0.3, 0.4) is 0 Å². The van der Waals surface area contributed by atoms with Gasteiger partial charge < -0.3 is 0 Å². The zero-order valence-electron chi connectivity index (χ0n) is 25.8. The molecule has 8 nitrogen and oxygen atoms in total. The van der Waals surface area contributed by atoms with Crippen LogP contribution in [-0.2, 0) is 16.8 Å². The van der Waals surface area contributed by atoms with Gasteiger partial charge in [-0.05, 0) is 137 Å². The topological polar surface area (TPSA) is 87.2 Å². The van der Waals surface area contributed by atoms with Crippen molar-refractivity contribution in [3.05, 3.63) is 118 Å². The number of hydrogen-bond donors (Lipinski definition) is 0. The summed E-state index contributed by atoms with van der Waals surface area (Å²) in [5.74, 6) is 1.66. The standard InChI is InChI=1S/2C17H18N4.Co/c2*1-11-5-6-18-15(7-11)16-8-12(2)9-17(20-16)21-14(4)13(3)10-19-21;/h2*5-10H,1-4H3;/q;;+2. The summed E-state index contributed by atoms with van der Waals surface area (Å²) in [6, 6.07) is 16.3. The number of hydrogen-bond acceptors (Lipinski definition) is 6. The molecule has 1 radical (unpaired) electrons. The predicted molar refractivity (Wildman–Crippen MR) is 167 cm³/mol. The Morgan fingerprint density at radius 1 is 0.465 bits per heavy atom. The van der Waals surface area contributed by atoms with Crippen molar-refractivity contribution >= 4 is 0 Å². The second-order valence-electron chi connectivity index (χ2n) is 10.9. The smallest absolute Gasteiger partial charge is 0.255 e. The van der Waals surface area contributed by atoms with Crippen LogP contribution in [0.15, 0.2) is 73.3 Å². The van der Waals surface area contributed by atoms with Crippen LogP contribution in [0.1, 0.15) is 44.8 Å². The van der Waals surface area contributed by atoms with Crippen LogP contribution in [0.25, 0.3) is 34.4 Å². The molecule has 6 aromatic heterocycles. The van der Waals surface area contributed by atoms with Crippen molar-refractivity contribution in [1.82, 2.24) is 39.5 Å². The molecule has 0 aliphatic heterocycles. The van der Waals surface area contributed by atoms with Gasteiger partial charge in [-0.3, -0.25) is 9.97 Å². The monoisotopic (exact) mass is 615 g/mol. The number of aryl methyl sites for hydroxylation is 6. The van der Waals surface area contributed by atoms with Gasteiger partial charge in [0, 0.05) is 23.8 Å². The van der Waals surface area contributed by atoms with Gasteiger partial charge in [0.05, 0.1) is 35.2 Å². The average molecular weight is 616 g/mol. The van der Waals surface area contributed by atoms with Crippen LogP contribution in [0, 0.1) is 55.4 Å². The molecule has 0 spiro atoms. The molecule has 6 rings (SSSR count). The van der Waals surface area contributed by atoms with Crippen molar-refractivity contribution in [3.63, 3.8) is 0 Å². The van der Waals surface area contributed by atoms with Crippen molar-refractivity contribution in [2.75, 3.05) is 0 Å². The SMILES string of the molecule is Cc1ccnc(-c2cc(C)cc(-n3ncc(C)c3C)n2)c1.Cc1ccnc(-c2cc(C)cc(-n3ncc(C)c3C)n2)c1.[Co+2]. The Balaban J connectivity index is 0.000000192. The van der Waals surface area contributed by atoms with E-state index in [0.717, 1.165) is 68.1 Å². The second kappa shape index (κ2) is 13.2. The Kier molecular flexibility index (Phi) is 9.68. The summed E-state index contributed by atoms with van der Waals surface area (Å²) in [7, 11) is 0. The van der Waals surface area contributed by atoms with Gasteiger partial charge >= 0.3 is 16.8 Å². The van der Waals surface area contributed by atoms with E-state index in [-0.39, 0.29) is 16.8 Å². The summed E-state index contributed by atoms with van der Waals surface area (Å²) in [5, 5.41) is 8.83. The molecule has 0 N–H and O–H groups in total. The fraction of sp³-hybridized carbons (Fsp3) is 0.235. The zero-order chi connectivity index (χ0) is 30.0. The van der Waals surface area contributed by atoms with Gasteiger partial charge in [-0.25, -0.2) is 19.3 Å². The Morgan fingerprint density at radius 3 is 1.16 bits per heavy atom. The molecule has 0 atom stereocenters. The molecule has 6 heterocycles. The van der Waals surface area contributed by atoms with Gasteiger partial charge in [-0.1, -0.05) is 0 Å². The summed E-state index contributed by atoms with van der Waals surface area (Å²) in [4.78, 5) is 18.3. The van der Waals surface area contributed by atoms with Crippen LogP contribution in [-0.4, -0.2) is 39.5 Å². The summed E-state index contributed by atoms with van der Waals surface area (Å²) in [5.41, 5.74) is 12.7. The molecular weight excluding hydrogens is 579 g/mol. The molecule has 0 aromatic carbocycles. The van der Waals surface area contributed by atoms with Crippen LogP contribution in [0.2, 0.25) is 0 Å². The third kappa shape index (κ3) is 7.13. The molecule has 0 aliphatic rings. The van der Waals surface area contributed by atoms with E-state index in [2.05, 4.69) is 87.7 Å². The number of aromatic nitrogens is 8. The first kappa shape index (κ1) is 31.5. The fourth-order valence-corrected chi connectivity index (χ4v) is 4.57. The molecule has 0 bridgehead atoms. The zero-order valence-corrected chi connectivity index (χ0v) is 26.9. The third-order valence-corrected chi connectivity index (χ3v) is 7.21. The summed E-state index contributed by atoms with van der Waals surface area (Å²) >= 11 is 0. The van der Waals surface area contributed by atoms with E-state index in [1.165, 1.54) is 11.1 Å². The van der Waals surface area contributed by atoms with E-state index in [1.54, 1.807) is 0 Å². The first-order valence-electron chi connectivity index (χ1n) is 14.0. The molecule has 0 saturated heterocycles.